The van der Waals surface area contributed by atoms with Crippen LogP contribution < -0.4 is 10.2 Å². The van der Waals surface area contributed by atoms with Crippen LogP contribution in [0.5, 0.6) is 0 Å². The van der Waals surface area contributed by atoms with Gasteiger partial charge in [0.25, 0.3) is 0 Å². The molecule has 2 aliphatic rings. The normalized spacial score (nSPS) is 21.4. The molecule has 1 aliphatic heterocycles. The average molecular weight is 318 g/mol. The second-order valence-electron chi connectivity index (χ2n) is 6.20. The predicted octanol–water partition coefficient (Wildman–Crippen LogP) is 2.57. The fourth-order valence-electron chi connectivity index (χ4n) is 2.72. The first-order valence-corrected chi connectivity index (χ1v) is 8.86. The number of rotatable bonds is 6. The lowest BCUT2D eigenvalue weighted by atomic mass is 10.1. The number of carbonyl (C=O) groups is 2. The van der Waals surface area contributed by atoms with Gasteiger partial charge in [0.05, 0.1) is 0 Å². The van der Waals surface area contributed by atoms with Gasteiger partial charge in [-0.1, -0.05) is 23.9 Å². The van der Waals surface area contributed by atoms with E-state index in [0.29, 0.717) is 12.5 Å². The van der Waals surface area contributed by atoms with Crippen molar-refractivity contribution in [3.8, 4) is 0 Å². The molecule has 1 N–H and O–H groups in total. The minimum atomic E-state index is 0.124. The van der Waals surface area contributed by atoms with E-state index in [2.05, 4.69) is 17.4 Å². The molecule has 0 radical (unpaired) electrons. The number of amides is 1. The van der Waals surface area contributed by atoms with E-state index in [0.717, 1.165) is 24.5 Å². The second-order valence-corrected chi connectivity index (χ2v) is 7.40. The van der Waals surface area contributed by atoms with E-state index in [1.54, 1.807) is 6.92 Å². The van der Waals surface area contributed by atoms with E-state index in [-0.39, 0.29) is 16.9 Å². The zero-order valence-electron chi connectivity index (χ0n) is 12.9. The van der Waals surface area contributed by atoms with Gasteiger partial charge in [0.15, 0.2) is 5.12 Å². The third kappa shape index (κ3) is 4.11. The number of thioether (sulfide) groups is 1. The van der Waals surface area contributed by atoms with Gasteiger partial charge in [-0.15, -0.1) is 0 Å². The number of nitrogens with one attached hydrogen (secondary N) is 1. The molecule has 4 nitrogen and oxygen atoms in total. The van der Waals surface area contributed by atoms with Crippen LogP contribution in [0, 0.1) is 5.92 Å². The number of carbonyl (C=O) groups excluding carboxylic acids is 2. The Morgan fingerprint density at radius 1 is 1.32 bits per heavy atom. The highest BCUT2D eigenvalue weighted by Crippen LogP contribution is 2.28. The summed E-state index contributed by atoms with van der Waals surface area (Å²) in [5, 5.41) is 3.61. The van der Waals surface area contributed by atoms with E-state index >= 15 is 0 Å². The largest absolute Gasteiger partial charge is 0.312 e. The number of hydrogen-bond donors (Lipinski definition) is 1. The zero-order valence-corrected chi connectivity index (χ0v) is 13.7. The summed E-state index contributed by atoms with van der Waals surface area (Å²) in [5.74, 6) is 1.18. The van der Waals surface area contributed by atoms with Crippen LogP contribution in [0.1, 0.15) is 31.7 Å². The zero-order chi connectivity index (χ0) is 15.5. The summed E-state index contributed by atoms with van der Waals surface area (Å²) < 4.78 is 0. The lowest BCUT2D eigenvalue weighted by molar-refractivity contribution is -0.117. The first kappa shape index (κ1) is 15.6. The number of anilines is 1. The van der Waals surface area contributed by atoms with Gasteiger partial charge >= 0.3 is 0 Å². The van der Waals surface area contributed by atoms with Crippen LogP contribution in [0.2, 0.25) is 0 Å². The third-order valence-corrected chi connectivity index (χ3v) is 5.19. The van der Waals surface area contributed by atoms with Crippen LogP contribution in [0.4, 0.5) is 5.69 Å². The highest BCUT2D eigenvalue weighted by Gasteiger charge is 2.30. The van der Waals surface area contributed by atoms with Crippen LogP contribution in [-0.4, -0.2) is 29.4 Å². The first-order valence-electron chi connectivity index (χ1n) is 7.88. The fraction of sp³-hybridized carbons (Fsp3) is 0.529. The molecule has 1 saturated heterocycles. The number of benzene rings is 1. The van der Waals surface area contributed by atoms with Gasteiger partial charge in [0.2, 0.25) is 5.91 Å². The molecule has 0 aromatic heterocycles. The van der Waals surface area contributed by atoms with Crippen molar-refractivity contribution in [2.45, 2.75) is 38.8 Å². The van der Waals surface area contributed by atoms with Gasteiger partial charge in [0, 0.05) is 43.9 Å². The van der Waals surface area contributed by atoms with Crippen LogP contribution in [0.25, 0.3) is 0 Å². The molecule has 22 heavy (non-hydrogen) atoms. The quantitative estimate of drug-likeness (QED) is 0.876. The van der Waals surface area contributed by atoms with Crippen molar-refractivity contribution in [1.29, 1.82) is 0 Å². The molecule has 1 saturated carbocycles. The van der Waals surface area contributed by atoms with Crippen LogP contribution >= 0.6 is 11.8 Å². The van der Waals surface area contributed by atoms with Crippen molar-refractivity contribution >= 4 is 28.5 Å². The Bertz CT molecular complexity index is 554. The SMILES string of the molecule is CC(=O)SCC1CC(=O)N(c2ccc(CNC3CC3)cc2)C1. The summed E-state index contributed by atoms with van der Waals surface area (Å²) >= 11 is 1.32. The van der Waals surface area contributed by atoms with E-state index in [1.807, 2.05) is 17.0 Å². The maximum absolute atomic E-state index is 12.2. The van der Waals surface area contributed by atoms with Gasteiger partial charge in [0.1, 0.15) is 0 Å². The van der Waals surface area contributed by atoms with E-state index in [9.17, 15) is 9.59 Å². The molecule has 1 aromatic carbocycles. The summed E-state index contributed by atoms with van der Waals surface area (Å²) in [4.78, 5) is 25.1. The Morgan fingerprint density at radius 2 is 2.05 bits per heavy atom. The smallest absolute Gasteiger partial charge is 0.227 e. The average Bonchev–Trinajstić information content (AvgIpc) is 3.26. The molecule has 0 spiro atoms. The highest BCUT2D eigenvalue weighted by molar-refractivity contribution is 8.13. The van der Waals surface area contributed by atoms with Gasteiger partial charge in [-0.3, -0.25) is 9.59 Å². The Hall–Kier alpha value is -1.33. The summed E-state index contributed by atoms with van der Waals surface area (Å²) in [7, 11) is 0. The standard InChI is InChI=1S/C17H22N2O2S/c1-12(20)22-11-14-8-17(21)19(10-14)16-6-2-13(3-7-16)9-18-15-4-5-15/h2-3,6-7,14-15,18H,4-5,8-11H2,1H3. The number of nitrogens with zero attached hydrogens (tertiary/aromatic N) is 1. The molecule has 1 aromatic rings. The lowest BCUT2D eigenvalue weighted by Gasteiger charge is -2.17. The molecule has 1 aliphatic carbocycles. The van der Waals surface area contributed by atoms with Gasteiger partial charge < -0.3 is 10.2 Å². The van der Waals surface area contributed by atoms with Crippen LogP contribution in [0.15, 0.2) is 24.3 Å². The summed E-state index contributed by atoms with van der Waals surface area (Å²) in [6.45, 7) is 3.20. The van der Waals surface area contributed by atoms with Crippen molar-refractivity contribution < 1.29 is 9.59 Å². The van der Waals surface area contributed by atoms with Gasteiger partial charge in [-0.25, -0.2) is 0 Å². The topological polar surface area (TPSA) is 49.4 Å². The maximum atomic E-state index is 12.2. The van der Waals surface area contributed by atoms with Gasteiger partial charge in [-0.2, -0.15) is 0 Å². The molecule has 1 atom stereocenters. The highest BCUT2D eigenvalue weighted by atomic mass is 32.2. The Morgan fingerprint density at radius 3 is 2.68 bits per heavy atom. The van der Waals surface area contributed by atoms with Crippen molar-refractivity contribution in [2.24, 2.45) is 5.92 Å². The van der Waals surface area contributed by atoms with E-state index in [4.69, 9.17) is 0 Å². The monoisotopic (exact) mass is 318 g/mol. The van der Waals surface area contributed by atoms with Gasteiger partial charge in [-0.05, 0) is 36.5 Å². The Kier molecular flexibility index (Phi) is 4.84. The molecule has 3 rings (SSSR count). The molecular formula is C17H22N2O2S. The maximum Gasteiger partial charge on any atom is 0.227 e. The summed E-state index contributed by atoms with van der Waals surface area (Å²) in [5.41, 5.74) is 2.22. The van der Waals surface area contributed by atoms with Crippen molar-refractivity contribution in [1.82, 2.24) is 5.32 Å². The summed E-state index contributed by atoms with van der Waals surface area (Å²) in [6, 6.07) is 8.95. The molecule has 1 amide bonds. The van der Waals surface area contributed by atoms with Crippen molar-refractivity contribution in [3.63, 3.8) is 0 Å². The number of hydrogen-bond acceptors (Lipinski definition) is 4. The van der Waals surface area contributed by atoms with Crippen LogP contribution in [-0.2, 0) is 16.1 Å². The second kappa shape index (κ2) is 6.84. The molecule has 1 heterocycles. The van der Waals surface area contributed by atoms with E-state index < -0.39 is 0 Å². The Balaban J connectivity index is 1.56. The van der Waals surface area contributed by atoms with Crippen molar-refractivity contribution in [3.05, 3.63) is 29.8 Å². The van der Waals surface area contributed by atoms with Crippen LogP contribution in [0.3, 0.4) is 0 Å². The molecule has 118 valence electrons. The molecular weight excluding hydrogens is 296 g/mol. The Labute approximate surface area is 135 Å². The minimum absolute atomic E-state index is 0.124. The molecule has 1 unspecified atom stereocenters. The molecule has 0 bridgehead atoms. The van der Waals surface area contributed by atoms with Crippen molar-refractivity contribution in [2.75, 3.05) is 17.2 Å². The molecule has 5 heteroatoms. The fourth-order valence-corrected chi connectivity index (χ4v) is 3.42. The first-order chi connectivity index (χ1) is 10.6. The van der Waals surface area contributed by atoms with E-state index in [1.165, 1.54) is 30.2 Å². The predicted molar refractivity (Wildman–Crippen MR) is 89.9 cm³/mol. The summed E-state index contributed by atoms with van der Waals surface area (Å²) in [6.07, 6.45) is 3.13. The third-order valence-electron chi connectivity index (χ3n) is 4.15. The minimum Gasteiger partial charge on any atom is -0.312 e. The molecule has 2 fully saturated rings. The lowest BCUT2D eigenvalue weighted by Crippen LogP contribution is -2.24.